The molecule has 0 aromatic heterocycles. The van der Waals surface area contributed by atoms with Crippen molar-refractivity contribution < 1.29 is 24.2 Å². The number of anilines is 2. The number of ether oxygens (including phenoxy) is 1. The number of hydrogen-bond donors (Lipinski definition) is 2. The Labute approximate surface area is 170 Å². The Bertz CT molecular complexity index is 1020. The topological polar surface area (TPSA) is 154 Å². The molecule has 1 saturated carbocycles. The molecule has 0 saturated heterocycles. The average Bonchev–Trinajstić information content (AvgIpc) is 3.52. The molecule has 11 heteroatoms. The molecule has 1 aliphatic carbocycles. The minimum absolute atomic E-state index is 0.0402. The number of hydrogen-bond acceptors (Lipinski definition) is 8. The van der Waals surface area contributed by atoms with Crippen LogP contribution in [0.5, 0.6) is 0 Å². The van der Waals surface area contributed by atoms with Gasteiger partial charge in [0.25, 0.3) is 17.3 Å². The highest BCUT2D eigenvalue weighted by Crippen LogP contribution is 2.32. The molecule has 1 aliphatic rings. The summed E-state index contributed by atoms with van der Waals surface area (Å²) in [7, 11) is 0. The number of rotatable bonds is 8. The van der Waals surface area contributed by atoms with E-state index < -0.39 is 27.8 Å². The Morgan fingerprint density at radius 3 is 2.33 bits per heavy atom. The molecular formula is C19H18N4O7. The Morgan fingerprint density at radius 2 is 1.70 bits per heavy atom. The minimum atomic E-state index is -1.29. The highest BCUT2D eigenvalue weighted by molar-refractivity contribution is 5.99. The number of esters is 1. The molecule has 1 fully saturated rings. The van der Waals surface area contributed by atoms with E-state index in [1.165, 1.54) is 43.3 Å². The summed E-state index contributed by atoms with van der Waals surface area (Å²) >= 11 is 0. The first-order valence-corrected chi connectivity index (χ1v) is 9.06. The van der Waals surface area contributed by atoms with Gasteiger partial charge >= 0.3 is 5.97 Å². The maximum absolute atomic E-state index is 12.4. The zero-order valence-electron chi connectivity index (χ0n) is 15.9. The predicted octanol–water partition coefficient (Wildman–Crippen LogP) is 3.26. The van der Waals surface area contributed by atoms with E-state index in [0.29, 0.717) is 5.69 Å². The van der Waals surface area contributed by atoms with Gasteiger partial charge in [0.15, 0.2) is 6.10 Å². The van der Waals surface area contributed by atoms with Gasteiger partial charge in [0.05, 0.1) is 15.4 Å². The van der Waals surface area contributed by atoms with Crippen molar-refractivity contribution in [1.82, 2.24) is 0 Å². The molecule has 1 atom stereocenters. The molecule has 2 N–H and O–H groups in total. The molecule has 2 aromatic rings. The SMILES string of the molecule is CC(OC(=O)c1ccc(NC2CC2)c([N+](=O)[O-])c1)C(=O)Nc1ccccc1[N+](=O)[O-]. The Balaban J connectivity index is 1.69. The summed E-state index contributed by atoms with van der Waals surface area (Å²) in [4.78, 5) is 45.7. The molecule has 1 amide bonds. The van der Waals surface area contributed by atoms with E-state index in [2.05, 4.69) is 10.6 Å². The Kier molecular flexibility index (Phi) is 5.90. The first kappa shape index (κ1) is 20.7. The summed E-state index contributed by atoms with van der Waals surface area (Å²) in [6.45, 7) is 1.29. The van der Waals surface area contributed by atoms with Gasteiger partial charge in [0.1, 0.15) is 11.4 Å². The normalized spacial score (nSPS) is 13.8. The van der Waals surface area contributed by atoms with Gasteiger partial charge in [-0.2, -0.15) is 0 Å². The minimum Gasteiger partial charge on any atom is -0.449 e. The highest BCUT2D eigenvalue weighted by atomic mass is 16.6. The fourth-order valence-corrected chi connectivity index (χ4v) is 2.63. The lowest BCUT2D eigenvalue weighted by atomic mass is 10.1. The Hall–Kier alpha value is -4.02. The molecule has 1 unspecified atom stereocenters. The summed E-state index contributed by atoms with van der Waals surface area (Å²) in [5, 5.41) is 27.7. The van der Waals surface area contributed by atoms with Gasteiger partial charge in [-0.25, -0.2) is 4.79 Å². The maximum atomic E-state index is 12.4. The number of benzene rings is 2. The van der Waals surface area contributed by atoms with Crippen LogP contribution in [0.15, 0.2) is 42.5 Å². The molecule has 2 aromatic carbocycles. The van der Waals surface area contributed by atoms with Gasteiger partial charge < -0.3 is 15.4 Å². The smallest absolute Gasteiger partial charge is 0.339 e. The number of para-hydroxylation sites is 2. The van der Waals surface area contributed by atoms with Crippen molar-refractivity contribution in [2.45, 2.75) is 31.9 Å². The van der Waals surface area contributed by atoms with Crippen LogP contribution in [-0.4, -0.2) is 33.9 Å². The molecule has 3 rings (SSSR count). The van der Waals surface area contributed by atoms with Crippen molar-refractivity contribution in [1.29, 1.82) is 0 Å². The third-order valence-electron chi connectivity index (χ3n) is 4.38. The van der Waals surface area contributed by atoms with Crippen molar-refractivity contribution in [2.75, 3.05) is 10.6 Å². The summed E-state index contributed by atoms with van der Waals surface area (Å²) < 4.78 is 5.07. The van der Waals surface area contributed by atoms with Crippen molar-refractivity contribution in [3.05, 3.63) is 68.3 Å². The van der Waals surface area contributed by atoms with Gasteiger partial charge in [-0.1, -0.05) is 12.1 Å². The van der Waals surface area contributed by atoms with Crippen LogP contribution < -0.4 is 10.6 Å². The zero-order chi connectivity index (χ0) is 21.8. The van der Waals surface area contributed by atoms with Crippen LogP contribution in [0, 0.1) is 20.2 Å². The van der Waals surface area contributed by atoms with E-state index in [4.69, 9.17) is 4.74 Å². The largest absolute Gasteiger partial charge is 0.449 e. The van der Waals surface area contributed by atoms with Crippen LogP contribution in [0.3, 0.4) is 0 Å². The fraction of sp³-hybridized carbons (Fsp3) is 0.263. The fourth-order valence-electron chi connectivity index (χ4n) is 2.63. The monoisotopic (exact) mass is 414 g/mol. The van der Waals surface area contributed by atoms with Crippen molar-refractivity contribution >= 4 is 34.6 Å². The second kappa shape index (κ2) is 8.55. The van der Waals surface area contributed by atoms with Crippen molar-refractivity contribution in [3.8, 4) is 0 Å². The lowest BCUT2D eigenvalue weighted by Crippen LogP contribution is -2.30. The number of nitro groups is 2. The molecule has 0 spiro atoms. The first-order chi connectivity index (χ1) is 14.3. The Morgan fingerprint density at radius 1 is 1.03 bits per heavy atom. The zero-order valence-corrected chi connectivity index (χ0v) is 15.9. The molecule has 156 valence electrons. The van der Waals surface area contributed by atoms with E-state index in [1.807, 2.05) is 0 Å². The van der Waals surface area contributed by atoms with Crippen LogP contribution in [0.4, 0.5) is 22.7 Å². The van der Waals surface area contributed by atoms with E-state index in [9.17, 15) is 29.8 Å². The van der Waals surface area contributed by atoms with Crippen LogP contribution in [0.25, 0.3) is 0 Å². The van der Waals surface area contributed by atoms with Gasteiger partial charge in [-0.05, 0) is 38.0 Å². The highest BCUT2D eigenvalue weighted by Gasteiger charge is 2.27. The second-order valence-electron chi connectivity index (χ2n) is 6.72. The second-order valence-corrected chi connectivity index (χ2v) is 6.72. The standard InChI is InChI=1S/C19H18N4O7/c1-11(18(24)21-14-4-2-3-5-16(14)22(26)27)30-19(25)12-6-9-15(20-13-7-8-13)17(10-12)23(28)29/h2-6,9-11,13,20H,7-8H2,1H3,(H,21,24). The average molecular weight is 414 g/mol. The van der Waals surface area contributed by atoms with Crippen LogP contribution in [-0.2, 0) is 9.53 Å². The summed E-state index contributed by atoms with van der Waals surface area (Å²) in [6, 6.07) is 9.59. The summed E-state index contributed by atoms with van der Waals surface area (Å²) in [6.07, 6.45) is 0.556. The number of carbonyl (C=O) groups is 2. The van der Waals surface area contributed by atoms with Crippen LogP contribution in [0.2, 0.25) is 0 Å². The van der Waals surface area contributed by atoms with Gasteiger partial charge in [-0.3, -0.25) is 25.0 Å². The molecule has 0 bridgehead atoms. The summed E-state index contributed by atoms with van der Waals surface area (Å²) in [5.74, 6) is -1.71. The molecule has 0 radical (unpaired) electrons. The van der Waals surface area contributed by atoms with Crippen molar-refractivity contribution in [3.63, 3.8) is 0 Å². The molecule has 0 aliphatic heterocycles. The third kappa shape index (κ3) is 4.87. The van der Waals surface area contributed by atoms with Crippen molar-refractivity contribution in [2.24, 2.45) is 0 Å². The lowest BCUT2D eigenvalue weighted by molar-refractivity contribution is -0.384. The predicted molar refractivity (Wildman–Crippen MR) is 106 cm³/mol. The number of nitrogens with zero attached hydrogens (tertiary/aromatic N) is 2. The van der Waals surface area contributed by atoms with Crippen LogP contribution in [0.1, 0.15) is 30.1 Å². The van der Waals surface area contributed by atoms with E-state index in [1.54, 1.807) is 0 Å². The molecule has 30 heavy (non-hydrogen) atoms. The van der Waals surface area contributed by atoms with Gasteiger partial charge in [-0.15, -0.1) is 0 Å². The molecule has 0 heterocycles. The van der Waals surface area contributed by atoms with Gasteiger partial charge in [0.2, 0.25) is 0 Å². The lowest BCUT2D eigenvalue weighted by Gasteiger charge is -2.14. The quantitative estimate of drug-likeness (QED) is 0.379. The molecule has 11 nitrogen and oxygen atoms in total. The maximum Gasteiger partial charge on any atom is 0.339 e. The number of carbonyl (C=O) groups excluding carboxylic acids is 2. The van der Waals surface area contributed by atoms with E-state index in [-0.39, 0.29) is 28.7 Å². The van der Waals surface area contributed by atoms with Crippen LogP contribution >= 0.6 is 0 Å². The number of nitro benzene ring substituents is 2. The number of amides is 1. The van der Waals surface area contributed by atoms with E-state index in [0.717, 1.165) is 18.9 Å². The number of nitrogens with one attached hydrogen (secondary N) is 2. The third-order valence-corrected chi connectivity index (χ3v) is 4.38. The summed E-state index contributed by atoms with van der Waals surface area (Å²) in [5.41, 5.74) is -0.400. The first-order valence-electron chi connectivity index (χ1n) is 9.06. The van der Waals surface area contributed by atoms with Gasteiger partial charge in [0, 0.05) is 18.2 Å². The molecular weight excluding hydrogens is 396 g/mol. The van der Waals surface area contributed by atoms with E-state index >= 15 is 0 Å².